The van der Waals surface area contributed by atoms with Crippen molar-refractivity contribution in [2.75, 3.05) is 12.4 Å². The molecule has 1 atom stereocenters. The van der Waals surface area contributed by atoms with Crippen molar-refractivity contribution in [2.24, 2.45) is 0 Å². The van der Waals surface area contributed by atoms with Crippen LogP contribution >= 0.6 is 12.6 Å². The molecule has 0 aromatic carbocycles. The molecule has 1 rings (SSSR count). The summed E-state index contributed by atoms with van der Waals surface area (Å²) >= 11 is 4.20. The molecule has 1 saturated heterocycles. The SMILES string of the molecule is CC1(CCCS)CCCCO1. The van der Waals surface area contributed by atoms with Crippen molar-refractivity contribution in [2.45, 2.75) is 44.6 Å². The molecule has 0 saturated carbocycles. The molecule has 0 radical (unpaired) electrons. The van der Waals surface area contributed by atoms with E-state index in [0.29, 0.717) is 0 Å². The van der Waals surface area contributed by atoms with Gasteiger partial charge >= 0.3 is 0 Å². The van der Waals surface area contributed by atoms with Crippen LogP contribution in [0.2, 0.25) is 0 Å². The minimum absolute atomic E-state index is 0.182. The van der Waals surface area contributed by atoms with Crippen LogP contribution in [0.5, 0.6) is 0 Å². The van der Waals surface area contributed by atoms with Gasteiger partial charge in [0.2, 0.25) is 0 Å². The predicted molar refractivity (Wildman–Crippen MR) is 51.3 cm³/mol. The Hall–Kier alpha value is 0.310. The Bertz CT molecular complexity index is 108. The second-order valence-electron chi connectivity index (χ2n) is 3.58. The quantitative estimate of drug-likeness (QED) is 0.647. The third kappa shape index (κ3) is 3.04. The van der Waals surface area contributed by atoms with E-state index in [1.54, 1.807) is 0 Å². The van der Waals surface area contributed by atoms with E-state index in [-0.39, 0.29) is 5.60 Å². The van der Waals surface area contributed by atoms with Crippen LogP contribution in [0.4, 0.5) is 0 Å². The highest BCUT2D eigenvalue weighted by molar-refractivity contribution is 7.80. The Balaban J connectivity index is 2.25. The van der Waals surface area contributed by atoms with Gasteiger partial charge in [-0.15, -0.1) is 0 Å². The number of thiol groups is 1. The van der Waals surface area contributed by atoms with Crippen molar-refractivity contribution in [1.82, 2.24) is 0 Å². The van der Waals surface area contributed by atoms with Crippen LogP contribution in [-0.2, 0) is 4.74 Å². The molecule has 0 aliphatic carbocycles. The minimum Gasteiger partial charge on any atom is -0.375 e. The van der Waals surface area contributed by atoms with E-state index in [4.69, 9.17) is 4.74 Å². The molecular formula is C9H18OS. The second-order valence-corrected chi connectivity index (χ2v) is 4.03. The fourth-order valence-electron chi connectivity index (χ4n) is 1.64. The summed E-state index contributed by atoms with van der Waals surface area (Å²) in [6, 6.07) is 0. The molecule has 0 amide bonds. The van der Waals surface area contributed by atoms with Gasteiger partial charge in [0.05, 0.1) is 5.60 Å². The van der Waals surface area contributed by atoms with Crippen molar-refractivity contribution >= 4 is 12.6 Å². The summed E-state index contributed by atoms with van der Waals surface area (Å²) in [5, 5.41) is 0. The van der Waals surface area contributed by atoms with Crippen molar-refractivity contribution in [3.05, 3.63) is 0 Å². The topological polar surface area (TPSA) is 9.23 Å². The van der Waals surface area contributed by atoms with Gasteiger partial charge < -0.3 is 4.74 Å². The highest BCUT2D eigenvalue weighted by Gasteiger charge is 2.26. The normalized spacial score (nSPS) is 32.2. The Morgan fingerprint density at radius 1 is 1.45 bits per heavy atom. The Morgan fingerprint density at radius 3 is 2.82 bits per heavy atom. The summed E-state index contributed by atoms with van der Waals surface area (Å²) < 4.78 is 5.73. The fraction of sp³-hybridized carbons (Fsp3) is 1.00. The molecule has 1 nitrogen and oxygen atoms in total. The molecule has 1 aliphatic rings. The molecule has 1 unspecified atom stereocenters. The zero-order valence-corrected chi connectivity index (χ0v) is 8.20. The van der Waals surface area contributed by atoms with E-state index in [1.165, 1.54) is 32.1 Å². The number of ether oxygens (including phenoxy) is 1. The molecular weight excluding hydrogens is 156 g/mol. The molecule has 1 aliphatic heterocycles. The van der Waals surface area contributed by atoms with E-state index >= 15 is 0 Å². The lowest BCUT2D eigenvalue weighted by Gasteiger charge is -2.33. The van der Waals surface area contributed by atoms with Gasteiger partial charge in [-0.05, 0) is 44.8 Å². The van der Waals surface area contributed by atoms with Gasteiger partial charge in [0.25, 0.3) is 0 Å². The molecule has 0 spiro atoms. The summed E-state index contributed by atoms with van der Waals surface area (Å²) in [7, 11) is 0. The summed E-state index contributed by atoms with van der Waals surface area (Å²) in [5.74, 6) is 0.985. The van der Waals surface area contributed by atoms with Crippen molar-refractivity contribution in [1.29, 1.82) is 0 Å². The molecule has 11 heavy (non-hydrogen) atoms. The van der Waals surface area contributed by atoms with Gasteiger partial charge in [-0.25, -0.2) is 0 Å². The van der Waals surface area contributed by atoms with Gasteiger partial charge in [0.1, 0.15) is 0 Å². The zero-order valence-electron chi connectivity index (χ0n) is 7.31. The van der Waals surface area contributed by atoms with Gasteiger partial charge in [0, 0.05) is 6.61 Å². The fourth-order valence-corrected chi connectivity index (χ4v) is 1.80. The Labute approximate surface area is 74.9 Å². The molecule has 0 aromatic rings. The molecule has 2 heteroatoms. The average Bonchev–Trinajstić information content (AvgIpc) is 2.03. The van der Waals surface area contributed by atoms with Gasteiger partial charge in [-0.3, -0.25) is 0 Å². The van der Waals surface area contributed by atoms with Gasteiger partial charge in [-0.2, -0.15) is 12.6 Å². The molecule has 0 bridgehead atoms. The van der Waals surface area contributed by atoms with Crippen LogP contribution in [0.1, 0.15) is 39.0 Å². The maximum atomic E-state index is 5.73. The first-order chi connectivity index (χ1) is 5.27. The first kappa shape index (κ1) is 9.40. The number of rotatable bonds is 3. The molecule has 1 heterocycles. The van der Waals surface area contributed by atoms with E-state index in [0.717, 1.165) is 12.4 Å². The number of hydrogen-bond acceptors (Lipinski definition) is 2. The summed E-state index contributed by atoms with van der Waals surface area (Å²) in [4.78, 5) is 0. The minimum atomic E-state index is 0.182. The highest BCUT2D eigenvalue weighted by atomic mass is 32.1. The smallest absolute Gasteiger partial charge is 0.0654 e. The maximum Gasteiger partial charge on any atom is 0.0654 e. The lowest BCUT2D eigenvalue weighted by atomic mass is 9.91. The van der Waals surface area contributed by atoms with Crippen LogP contribution in [0.25, 0.3) is 0 Å². The van der Waals surface area contributed by atoms with E-state index in [9.17, 15) is 0 Å². The van der Waals surface area contributed by atoms with E-state index in [1.807, 2.05) is 0 Å². The average molecular weight is 174 g/mol. The molecule has 66 valence electrons. The second kappa shape index (κ2) is 4.36. The third-order valence-corrected chi connectivity index (χ3v) is 2.73. The molecule has 0 N–H and O–H groups in total. The summed E-state index contributed by atoms with van der Waals surface area (Å²) in [6.45, 7) is 3.19. The standard InChI is InChI=1S/C9H18OS/c1-9(6-4-8-11)5-2-3-7-10-9/h11H,2-8H2,1H3. The van der Waals surface area contributed by atoms with Crippen LogP contribution in [0.15, 0.2) is 0 Å². The zero-order chi connectivity index (χ0) is 8.16. The van der Waals surface area contributed by atoms with Gasteiger partial charge in [0.15, 0.2) is 0 Å². The lowest BCUT2D eigenvalue weighted by molar-refractivity contribution is -0.0701. The van der Waals surface area contributed by atoms with Crippen LogP contribution in [0, 0.1) is 0 Å². The largest absolute Gasteiger partial charge is 0.375 e. The molecule has 0 aromatic heterocycles. The van der Waals surface area contributed by atoms with E-state index < -0.39 is 0 Å². The van der Waals surface area contributed by atoms with Crippen LogP contribution < -0.4 is 0 Å². The summed E-state index contributed by atoms with van der Waals surface area (Å²) in [5.41, 5.74) is 0.182. The Morgan fingerprint density at radius 2 is 2.27 bits per heavy atom. The van der Waals surface area contributed by atoms with Crippen molar-refractivity contribution in [3.63, 3.8) is 0 Å². The monoisotopic (exact) mass is 174 g/mol. The van der Waals surface area contributed by atoms with Crippen LogP contribution in [-0.4, -0.2) is 18.0 Å². The highest BCUT2D eigenvalue weighted by Crippen LogP contribution is 2.28. The molecule has 1 fully saturated rings. The summed E-state index contributed by atoms with van der Waals surface area (Å²) in [6.07, 6.45) is 6.18. The first-order valence-corrected chi connectivity index (χ1v) is 5.15. The van der Waals surface area contributed by atoms with Crippen molar-refractivity contribution in [3.8, 4) is 0 Å². The third-order valence-electron chi connectivity index (χ3n) is 2.41. The predicted octanol–water partition coefficient (Wildman–Crippen LogP) is 2.66. The van der Waals surface area contributed by atoms with Crippen LogP contribution in [0.3, 0.4) is 0 Å². The Kier molecular flexibility index (Phi) is 3.73. The first-order valence-electron chi connectivity index (χ1n) is 4.52. The van der Waals surface area contributed by atoms with E-state index in [2.05, 4.69) is 19.6 Å². The number of hydrogen-bond donors (Lipinski definition) is 1. The van der Waals surface area contributed by atoms with Crippen molar-refractivity contribution < 1.29 is 4.74 Å². The maximum absolute atomic E-state index is 5.73. The van der Waals surface area contributed by atoms with Gasteiger partial charge in [-0.1, -0.05) is 0 Å². The lowest BCUT2D eigenvalue weighted by Crippen LogP contribution is -2.32.